The van der Waals surface area contributed by atoms with Gasteiger partial charge in [0, 0.05) is 0 Å². The van der Waals surface area contributed by atoms with Crippen LogP contribution in [-0.4, -0.2) is 32.3 Å². The number of thiophene rings is 1. The molecule has 2 N–H and O–H groups in total. The van der Waals surface area contributed by atoms with Crippen molar-refractivity contribution in [1.82, 2.24) is 9.97 Å². The van der Waals surface area contributed by atoms with Crippen LogP contribution < -0.4 is 4.74 Å². The van der Waals surface area contributed by atoms with Crippen LogP contribution in [0.1, 0.15) is 36.9 Å². The van der Waals surface area contributed by atoms with Crippen LogP contribution in [0.2, 0.25) is 0 Å². The highest BCUT2D eigenvalue weighted by Crippen LogP contribution is 2.31. The van der Waals surface area contributed by atoms with Crippen molar-refractivity contribution in [2.75, 3.05) is 0 Å². The summed E-state index contributed by atoms with van der Waals surface area (Å²) in [6.07, 6.45) is 4.42. The molecular weight excluding hydrogens is 328 g/mol. The van der Waals surface area contributed by atoms with E-state index in [9.17, 15) is 9.90 Å². The van der Waals surface area contributed by atoms with E-state index in [0.717, 1.165) is 23.3 Å². The normalized spacial score (nSPS) is 20.8. The highest BCUT2D eigenvalue weighted by atomic mass is 32.1. The quantitative estimate of drug-likeness (QED) is 0.863. The molecule has 3 rings (SSSR count). The number of carboxylic acid groups (broad SMARTS) is 1. The molecule has 2 aromatic heterocycles. The Labute approximate surface area is 144 Å². The first-order valence-electron chi connectivity index (χ1n) is 7.99. The Kier molecular flexibility index (Phi) is 5.11. The van der Waals surface area contributed by atoms with E-state index < -0.39 is 5.97 Å². The summed E-state index contributed by atoms with van der Waals surface area (Å²) in [5.41, 5.74) is 2.21. The van der Waals surface area contributed by atoms with Gasteiger partial charge in [0.05, 0.1) is 29.3 Å². The molecule has 1 saturated carbocycles. The Morgan fingerprint density at radius 3 is 3.00 bits per heavy atom. The Bertz CT molecular complexity index is 731. The number of aryl methyl sites for hydroxylation is 1. The first-order chi connectivity index (χ1) is 11.6. The van der Waals surface area contributed by atoms with Gasteiger partial charge >= 0.3 is 5.97 Å². The van der Waals surface area contributed by atoms with Gasteiger partial charge in [-0.15, -0.1) is 11.3 Å². The number of aromatic nitrogens is 2. The fourth-order valence-electron chi connectivity index (χ4n) is 3.01. The van der Waals surface area contributed by atoms with Gasteiger partial charge in [-0.05, 0) is 49.6 Å². The molecule has 2 heterocycles. The highest BCUT2D eigenvalue weighted by Gasteiger charge is 2.28. The lowest BCUT2D eigenvalue weighted by molar-refractivity contribution is -0.143. The monoisotopic (exact) mass is 348 g/mol. The lowest BCUT2D eigenvalue weighted by atomic mass is 9.87. The average molecular weight is 348 g/mol. The van der Waals surface area contributed by atoms with Crippen LogP contribution in [0.25, 0.3) is 10.6 Å². The zero-order chi connectivity index (χ0) is 17.1. The van der Waals surface area contributed by atoms with Crippen LogP contribution >= 0.6 is 11.3 Å². The molecule has 0 bridgehead atoms. The van der Waals surface area contributed by atoms with Crippen molar-refractivity contribution in [3.63, 3.8) is 0 Å². The smallest absolute Gasteiger partial charge is 0.306 e. The Morgan fingerprint density at radius 2 is 2.29 bits per heavy atom. The van der Waals surface area contributed by atoms with Gasteiger partial charge in [0.15, 0.2) is 0 Å². The number of nitrogens with zero attached hydrogens (tertiary/aromatic N) is 2. The summed E-state index contributed by atoms with van der Waals surface area (Å²) < 4.78 is 5.91. The molecule has 128 valence electrons. The van der Waals surface area contributed by atoms with Gasteiger partial charge in [0.25, 0.3) is 0 Å². The van der Waals surface area contributed by atoms with Crippen LogP contribution in [0, 0.1) is 12.8 Å². The van der Waals surface area contributed by atoms with Crippen LogP contribution in [0.15, 0.2) is 17.6 Å². The summed E-state index contributed by atoms with van der Waals surface area (Å²) in [6, 6.07) is 1.87. The zero-order valence-electron chi connectivity index (χ0n) is 13.4. The van der Waals surface area contributed by atoms with E-state index in [2.05, 4.69) is 9.97 Å². The molecule has 24 heavy (non-hydrogen) atoms. The molecule has 1 fully saturated rings. The number of aliphatic hydroxyl groups excluding tert-OH is 1. The summed E-state index contributed by atoms with van der Waals surface area (Å²) in [5, 5.41) is 20.4. The fraction of sp³-hybridized carbons (Fsp3) is 0.471. The Hall–Kier alpha value is -1.99. The molecule has 2 atom stereocenters. The van der Waals surface area contributed by atoms with Crippen molar-refractivity contribution in [3.05, 3.63) is 28.9 Å². The van der Waals surface area contributed by atoms with Crippen molar-refractivity contribution in [2.45, 2.75) is 45.3 Å². The fourth-order valence-corrected chi connectivity index (χ4v) is 3.89. The van der Waals surface area contributed by atoms with Gasteiger partial charge in [-0.3, -0.25) is 4.79 Å². The predicted molar refractivity (Wildman–Crippen MR) is 90.0 cm³/mol. The second-order valence-electron chi connectivity index (χ2n) is 6.02. The number of carboxylic acids is 1. The number of carbonyl (C=O) groups is 1. The molecule has 0 radical (unpaired) electrons. The lowest BCUT2D eigenvalue weighted by Crippen LogP contribution is -2.30. The Balaban J connectivity index is 1.74. The van der Waals surface area contributed by atoms with Crippen molar-refractivity contribution < 1.29 is 19.7 Å². The molecule has 0 aromatic carbocycles. The number of ether oxygens (including phenoxy) is 1. The second-order valence-corrected chi connectivity index (χ2v) is 6.94. The maximum atomic E-state index is 11.2. The second kappa shape index (κ2) is 7.27. The van der Waals surface area contributed by atoms with Crippen molar-refractivity contribution in [1.29, 1.82) is 0 Å². The minimum absolute atomic E-state index is 0.0313. The molecule has 6 nitrogen and oxygen atoms in total. The van der Waals surface area contributed by atoms with Crippen LogP contribution in [0.5, 0.6) is 5.88 Å². The molecule has 0 amide bonds. The minimum Gasteiger partial charge on any atom is -0.481 e. The first-order valence-corrected chi connectivity index (χ1v) is 8.87. The number of hydrogen-bond donors (Lipinski definition) is 2. The molecular formula is C17H20N2O4S. The van der Waals surface area contributed by atoms with Gasteiger partial charge in [-0.2, -0.15) is 0 Å². The third-order valence-corrected chi connectivity index (χ3v) is 5.28. The van der Waals surface area contributed by atoms with Crippen LogP contribution in [0.4, 0.5) is 0 Å². The predicted octanol–water partition coefficient (Wildman–Crippen LogP) is 3.03. The molecule has 7 heteroatoms. The molecule has 0 saturated heterocycles. The van der Waals surface area contributed by atoms with E-state index in [1.807, 2.05) is 18.4 Å². The van der Waals surface area contributed by atoms with Gasteiger partial charge in [0.1, 0.15) is 11.8 Å². The summed E-state index contributed by atoms with van der Waals surface area (Å²) in [4.78, 5) is 21.0. The molecule has 0 aliphatic heterocycles. The third-order valence-electron chi connectivity index (χ3n) is 4.31. The molecule has 1 aliphatic rings. The van der Waals surface area contributed by atoms with E-state index >= 15 is 0 Å². The van der Waals surface area contributed by atoms with E-state index in [0.29, 0.717) is 30.1 Å². The lowest BCUT2D eigenvalue weighted by Gasteiger charge is -2.27. The maximum absolute atomic E-state index is 11.2. The van der Waals surface area contributed by atoms with Crippen molar-refractivity contribution >= 4 is 17.3 Å². The number of hydrogen-bond acceptors (Lipinski definition) is 6. The maximum Gasteiger partial charge on any atom is 0.306 e. The summed E-state index contributed by atoms with van der Waals surface area (Å²) in [7, 11) is 0. The van der Waals surface area contributed by atoms with Crippen LogP contribution in [0.3, 0.4) is 0 Å². The van der Waals surface area contributed by atoms with E-state index in [4.69, 9.17) is 9.84 Å². The van der Waals surface area contributed by atoms with Gasteiger partial charge in [-0.25, -0.2) is 9.97 Å². The SMILES string of the molecule is Cc1nc(-c2sccc2CO)cnc1O[C@H]1CCC[C@H](C(=O)O)C1. The van der Waals surface area contributed by atoms with Gasteiger partial charge in [-0.1, -0.05) is 0 Å². The third kappa shape index (κ3) is 3.57. The molecule has 0 spiro atoms. The number of aliphatic carboxylic acids is 1. The molecule has 1 aliphatic carbocycles. The number of rotatable bonds is 5. The first kappa shape index (κ1) is 16.9. The molecule has 0 unspecified atom stereocenters. The average Bonchev–Trinajstić information content (AvgIpc) is 3.05. The highest BCUT2D eigenvalue weighted by molar-refractivity contribution is 7.13. The standard InChI is InChI=1S/C17H20N2O4S/c1-10-16(23-13-4-2-3-11(7-13)17(21)22)18-8-14(19-10)15-12(9-20)5-6-24-15/h5-6,8,11,13,20H,2-4,7,9H2,1H3,(H,21,22)/t11-,13-/m0/s1. The Morgan fingerprint density at radius 1 is 1.46 bits per heavy atom. The summed E-state index contributed by atoms with van der Waals surface area (Å²) in [5.74, 6) is -0.637. The minimum atomic E-state index is -0.754. The summed E-state index contributed by atoms with van der Waals surface area (Å²) >= 11 is 1.51. The van der Waals surface area contributed by atoms with Crippen molar-refractivity contribution in [3.8, 4) is 16.5 Å². The van der Waals surface area contributed by atoms with Crippen LogP contribution in [-0.2, 0) is 11.4 Å². The topological polar surface area (TPSA) is 92.5 Å². The van der Waals surface area contributed by atoms with Crippen molar-refractivity contribution in [2.24, 2.45) is 5.92 Å². The zero-order valence-corrected chi connectivity index (χ0v) is 14.3. The largest absolute Gasteiger partial charge is 0.481 e. The summed E-state index contributed by atoms with van der Waals surface area (Å²) in [6.45, 7) is 1.80. The van der Waals surface area contributed by atoms with Gasteiger partial charge < -0.3 is 14.9 Å². The van der Waals surface area contributed by atoms with E-state index in [-0.39, 0.29) is 18.6 Å². The molecule has 2 aromatic rings. The number of aliphatic hydroxyl groups is 1. The van der Waals surface area contributed by atoms with E-state index in [1.165, 1.54) is 11.3 Å². The van der Waals surface area contributed by atoms with Gasteiger partial charge in [0.2, 0.25) is 5.88 Å². The van der Waals surface area contributed by atoms with E-state index in [1.54, 1.807) is 6.20 Å².